The molecule has 116 valence electrons. The molecule has 1 aromatic heterocycles. The number of carboxylic acid groups (broad SMARTS) is 1. The number of carbonyl (C=O) groups is 1. The number of hydrogen-bond donors (Lipinski definition) is 3. The van der Waals surface area contributed by atoms with Crippen molar-refractivity contribution in [2.24, 2.45) is 5.92 Å². The Labute approximate surface area is 129 Å². The van der Waals surface area contributed by atoms with E-state index in [1.165, 1.54) is 12.1 Å². The van der Waals surface area contributed by atoms with Crippen LogP contribution < -0.4 is 5.32 Å². The number of pyridine rings is 1. The van der Waals surface area contributed by atoms with Crippen LogP contribution in [0.25, 0.3) is 0 Å². The van der Waals surface area contributed by atoms with E-state index in [-0.39, 0.29) is 23.1 Å². The second kappa shape index (κ2) is 6.62. The van der Waals surface area contributed by atoms with E-state index >= 15 is 0 Å². The van der Waals surface area contributed by atoms with Crippen molar-refractivity contribution in [1.29, 1.82) is 0 Å². The molecule has 0 bridgehead atoms. The number of rotatable bonds is 5. The number of aromatic nitrogens is 1. The van der Waals surface area contributed by atoms with Gasteiger partial charge in [0.2, 0.25) is 0 Å². The maximum Gasteiger partial charge on any atom is 0.339 e. The summed E-state index contributed by atoms with van der Waals surface area (Å²) in [6.45, 7) is 2.46. The number of nitrogens with one attached hydrogen (secondary N) is 1. The minimum Gasteiger partial charge on any atom is -0.478 e. The maximum atomic E-state index is 11.2. The molecule has 0 amide bonds. The van der Waals surface area contributed by atoms with E-state index in [0.717, 1.165) is 32.1 Å². The monoisotopic (exact) mass is 312 g/mol. The Hall–Kier alpha value is -1.33. The molecule has 0 radical (unpaired) electrons. The first kappa shape index (κ1) is 16.0. The van der Waals surface area contributed by atoms with Gasteiger partial charge >= 0.3 is 5.97 Å². The second-order valence-electron chi connectivity index (χ2n) is 5.76. The van der Waals surface area contributed by atoms with Crippen molar-refractivity contribution in [3.63, 3.8) is 0 Å². The number of hydrogen-bond acceptors (Lipinski definition) is 4. The van der Waals surface area contributed by atoms with E-state index in [1.807, 2.05) is 0 Å². The Morgan fingerprint density at radius 1 is 1.48 bits per heavy atom. The highest BCUT2D eigenvalue weighted by Gasteiger charge is 2.32. The lowest BCUT2D eigenvalue weighted by Crippen LogP contribution is -2.40. The van der Waals surface area contributed by atoms with Crippen LogP contribution >= 0.6 is 11.6 Å². The average molecular weight is 313 g/mol. The predicted molar refractivity (Wildman–Crippen MR) is 81.9 cm³/mol. The topological polar surface area (TPSA) is 82.5 Å². The van der Waals surface area contributed by atoms with E-state index in [2.05, 4.69) is 17.2 Å². The molecule has 1 aliphatic rings. The van der Waals surface area contributed by atoms with Crippen LogP contribution in [0.1, 0.15) is 49.4 Å². The molecule has 2 rings (SSSR count). The Morgan fingerprint density at radius 2 is 2.14 bits per heavy atom. The molecule has 0 saturated heterocycles. The molecule has 1 fully saturated rings. The molecule has 21 heavy (non-hydrogen) atoms. The standard InChI is InChI=1S/C15H21ClN2O3/c1-2-10-5-7-15(21,8-6-10)9-17-13-11(14(19)20)3-4-12(16)18-13/h3-4,10,21H,2,5-9H2,1H3,(H,17,18)(H,19,20). The van der Waals surface area contributed by atoms with Gasteiger partial charge in [-0.3, -0.25) is 0 Å². The van der Waals surface area contributed by atoms with Crippen molar-refractivity contribution in [3.8, 4) is 0 Å². The van der Waals surface area contributed by atoms with Crippen LogP contribution in [0.4, 0.5) is 5.82 Å². The smallest absolute Gasteiger partial charge is 0.339 e. The van der Waals surface area contributed by atoms with Gasteiger partial charge in [-0.05, 0) is 43.7 Å². The zero-order valence-corrected chi connectivity index (χ0v) is 12.9. The van der Waals surface area contributed by atoms with Crippen molar-refractivity contribution in [1.82, 2.24) is 4.98 Å². The molecule has 6 heteroatoms. The van der Waals surface area contributed by atoms with Crippen molar-refractivity contribution >= 4 is 23.4 Å². The minimum atomic E-state index is -1.07. The summed E-state index contributed by atoms with van der Waals surface area (Å²) < 4.78 is 0. The molecule has 5 nitrogen and oxygen atoms in total. The highest BCUT2D eigenvalue weighted by Crippen LogP contribution is 2.34. The van der Waals surface area contributed by atoms with Gasteiger partial charge in [0, 0.05) is 6.54 Å². The van der Waals surface area contributed by atoms with Crippen LogP contribution in [0.15, 0.2) is 12.1 Å². The maximum absolute atomic E-state index is 11.2. The third kappa shape index (κ3) is 4.08. The predicted octanol–water partition coefficient (Wildman–Crippen LogP) is 3.18. The minimum absolute atomic E-state index is 0.0604. The fraction of sp³-hybridized carbons (Fsp3) is 0.600. The van der Waals surface area contributed by atoms with Gasteiger partial charge in [-0.25, -0.2) is 9.78 Å². The lowest BCUT2D eigenvalue weighted by atomic mass is 9.78. The fourth-order valence-corrected chi connectivity index (χ4v) is 2.94. The Balaban J connectivity index is 2.03. The SMILES string of the molecule is CCC1CCC(O)(CNc2nc(Cl)ccc2C(=O)O)CC1. The molecule has 3 N–H and O–H groups in total. The quantitative estimate of drug-likeness (QED) is 0.727. The van der Waals surface area contributed by atoms with Crippen LogP contribution in [0.3, 0.4) is 0 Å². The third-order valence-electron chi connectivity index (χ3n) is 4.29. The first-order valence-electron chi connectivity index (χ1n) is 7.29. The second-order valence-corrected chi connectivity index (χ2v) is 6.15. The lowest BCUT2D eigenvalue weighted by molar-refractivity contribution is 0.00218. The number of carboxylic acids is 1. The van der Waals surface area contributed by atoms with E-state index in [4.69, 9.17) is 16.7 Å². The van der Waals surface area contributed by atoms with Gasteiger partial charge in [-0.1, -0.05) is 24.9 Å². The Kier molecular flexibility index (Phi) is 5.06. The molecule has 0 spiro atoms. The molecule has 1 heterocycles. The highest BCUT2D eigenvalue weighted by atomic mass is 35.5. The molecule has 0 aliphatic heterocycles. The molecule has 0 aromatic carbocycles. The molecular formula is C15H21ClN2O3. The summed E-state index contributed by atoms with van der Waals surface area (Å²) in [5, 5.41) is 22.9. The summed E-state index contributed by atoms with van der Waals surface area (Å²) in [7, 11) is 0. The first-order valence-corrected chi connectivity index (χ1v) is 7.67. The van der Waals surface area contributed by atoms with Crippen LogP contribution in [-0.4, -0.2) is 33.3 Å². The summed E-state index contributed by atoms with van der Waals surface area (Å²) in [5.74, 6) is -0.173. The number of anilines is 1. The molecule has 1 saturated carbocycles. The molecule has 0 atom stereocenters. The number of halogens is 1. The summed E-state index contributed by atoms with van der Waals surface area (Å²) in [4.78, 5) is 15.2. The normalized spacial score (nSPS) is 25.6. The van der Waals surface area contributed by atoms with Crippen LogP contribution in [0.5, 0.6) is 0 Å². The van der Waals surface area contributed by atoms with E-state index < -0.39 is 11.6 Å². The number of aromatic carboxylic acids is 1. The lowest BCUT2D eigenvalue weighted by Gasteiger charge is -2.36. The average Bonchev–Trinajstić information content (AvgIpc) is 2.46. The fourth-order valence-electron chi connectivity index (χ4n) is 2.79. The molecular weight excluding hydrogens is 292 g/mol. The molecule has 0 unspecified atom stereocenters. The summed E-state index contributed by atoms with van der Waals surface area (Å²) in [6, 6.07) is 2.86. The van der Waals surface area contributed by atoms with Gasteiger partial charge in [0.05, 0.1) is 5.60 Å². The van der Waals surface area contributed by atoms with Crippen molar-refractivity contribution in [2.75, 3.05) is 11.9 Å². The number of aliphatic hydroxyl groups is 1. The number of nitrogens with zero attached hydrogens (tertiary/aromatic N) is 1. The Bertz CT molecular complexity index is 514. The van der Waals surface area contributed by atoms with Crippen LogP contribution in [-0.2, 0) is 0 Å². The zero-order chi connectivity index (χ0) is 15.5. The summed E-state index contributed by atoms with van der Waals surface area (Å²) >= 11 is 5.81. The van der Waals surface area contributed by atoms with Gasteiger partial charge in [0.15, 0.2) is 0 Å². The summed E-state index contributed by atoms with van der Waals surface area (Å²) in [6.07, 6.45) is 4.60. The van der Waals surface area contributed by atoms with Gasteiger partial charge in [0.1, 0.15) is 16.5 Å². The van der Waals surface area contributed by atoms with Crippen molar-refractivity contribution < 1.29 is 15.0 Å². The first-order chi connectivity index (χ1) is 9.93. The van der Waals surface area contributed by atoms with Crippen molar-refractivity contribution in [3.05, 3.63) is 22.8 Å². The van der Waals surface area contributed by atoms with Gasteiger partial charge < -0.3 is 15.5 Å². The molecule has 1 aliphatic carbocycles. The van der Waals surface area contributed by atoms with Gasteiger partial charge in [0.25, 0.3) is 0 Å². The van der Waals surface area contributed by atoms with Crippen LogP contribution in [0.2, 0.25) is 5.15 Å². The highest BCUT2D eigenvalue weighted by molar-refractivity contribution is 6.29. The van der Waals surface area contributed by atoms with Crippen molar-refractivity contribution in [2.45, 2.75) is 44.6 Å². The van der Waals surface area contributed by atoms with E-state index in [1.54, 1.807) is 0 Å². The van der Waals surface area contributed by atoms with E-state index in [9.17, 15) is 9.90 Å². The largest absolute Gasteiger partial charge is 0.478 e. The van der Waals surface area contributed by atoms with Crippen LogP contribution in [0, 0.1) is 5.92 Å². The third-order valence-corrected chi connectivity index (χ3v) is 4.50. The zero-order valence-electron chi connectivity index (χ0n) is 12.1. The van der Waals surface area contributed by atoms with Gasteiger partial charge in [-0.15, -0.1) is 0 Å². The summed E-state index contributed by atoms with van der Waals surface area (Å²) in [5.41, 5.74) is -0.740. The van der Waals surface area contributed by atoms with E-state index in [0.29, 0.717) is 5.92 Å². The Morgan fingerprint density at radius 3 is 2.71 bits per heavy atom. The van der Waals surface area contributed by atoms with Gasteiger partial charge in [-0.2, -0.15) is 0 Å². The molecule has 1 aromatic rings.